The van der Waals surface area contributed by atoms with Gasteiger partial charge in [-0.2, -0.15) is 0 Å². The number of fused-ring (bicyclic) bond motifs is 1. The molecule has 23 heavy (non-hydrogen) atoms. The molecule has 0 saturated heterocycles. The van der Waals surface area contributed by atoms with Gasteiger partial charge in [-0.15, -0.1) is 0 Å². The van der Waals surface area contributed by atoms with Gasteiger partial charge in [0.1, 0.15) is 6.61 Å². The van der Waals surface area contributed by atoms with Crippen LogP contribution in [-0.4, -0.2) is 11.5 Å². The van der Waals surface area contributed by atoms with Gasteiger partial charge in [-0.05, 0) is 22.9 Å². The Bertz CT molecular complexity index is 917. The Morgan fingerprint density at radius 1 is 0.957 bits per heavy atom. The number of hydrogen-bond acceptors (Lipinski definition) is 3. The summed E-state index contributed by atoms with van der Waals surface area (Å²) in [4.78, 5) is 10.4. The van der Waals surface area contributed by atoms with Gasteiger partial charge in [0.25, 0.3) is 0 Å². The molecule has 0 atom stereocenters. The molecule has 0 aliphatic rings. The van der Waals surface area contributed by atoms with Crippen LogP contribution in [-0.2, 0) is 0 Å². The second-order valence-corrected chi connectivity index (χ2v) is 4.84. The average Bonchev–Trinajstić information content (AvgIpc) is 2.59. The highest BCUT2D eigenvalue weighted by Crippen LogP contribution is 2.25. The fourth-order valence-electron chi connectivity index (χ4n) is 2.31. The lowest BCUT2D eigenvalue weighted by molar-refractivity contribution is -0.385. The average molecular weight is 303 g/mol. The van der Waals surface area contributed by atoms with Gasteiger partial charge < -0.3 is 4.74 Å². The summed E-state index contributed by atoms with van der Waals surface area (Å²) in [6.45, 7) is 0.0913. The van der Waals surface area contributed by atoms with Gasteiger partial charge in [0, 0.05) is 11.6 Å². The lowest BCUT2D eigenvalue weighted by atomic mass is 10.1. The zero-order valence-electron chi connectivity index (χ0n) is 12.2. The molecule has 0 amide bonds. The van der Waals surface area contributed by atoms with E-state index >= 15 is 0 Å². The third kappa shape index (κ3) is 3.30. The number of rotatable bonds is 3. The van der Waals surface area contributed by atoms with Gasteiger partial charge in [-0.25, -0.2) is 0 Å². The first-order valence-electron chi connectivity index (χ1n) is 7.08. The van der Waals surface area contributed by atoms with Crippen LogP contribution in [0, 0.1) is 22.0 Å². The summed E-state index contributed by atoms with van der Waals surface area (Å²) in [6.07, 6.45) is 0. The largest absolute Gasteiger partial charge is 0.474 e. The van der Waals surface area contributed by atoms with Crippen molar-refractivity contribution in [1.29, 1.82) is 0 Å². The van der Waals surface area contributed by atoms with Crippen LogP contribution in [0.2, 0.25) is 0 Å². The fourth-order valence-corrected chi connectivity index (χ4v) is 2.31. The van der Waals surface area contributed by atoms with E-state index in [-0.39, 0.29) is 18.0 Å². The van der Waals surface area contributed by atoms with E-state index in [1.165, 1.54) is 6.07 Å². The van der Waals surface area contributed by atoms with Crippen molar-refractivity contribution in [1.82, 2.24) is 0 Å². The molecule has 0 spiro atoms. The molecule has 3 aromatic carbocycles. The first-order valence-corrected chi connectivity index (χ1v) is 7.08. The highest BCUT2D eigenvalue weighted by atomic mass is 16.6. The molecular weight excluding hydrogens is 290 g/mol. The van der Waals surface area contributed by atoms with E-state index in [9.17, 15) is 10.1 Å². The van der Waals surface area contributed by atoms with E-state index < -0.39 is 4.92 Å². The Hall–Kier alpha value is -3.32. The molecule has 4 heteroatoms. The van der Waals surface area contributed by atoms with Crippen molar-refractivity contribution in [2.24, 2.45) is 0 Å². The van der Waals surface area contributed by atoms with E-state index in [4.69, 9.17) is 4.74 Å². The molecule has 0 unspecified atom stereocenters. The van der Waals surface area contributed by atoms with Gasteiger partial charge in [0.05, 0.1) is 4.92 Å². The molecule has 0 saturated carbocycles. The molecule has 0 N–H and O–H groups in total. The van der Waals surface area contributed by atoms with E-state index in [1.54, 1.807) is 18.2 Å². The first-order chi connectivity index (χ1) is 11.3. The molecule has 0 bridgehead atoms. The molecule has 0 fully saturated rings. The van der Waals surface area contributed by atoms with Crippen LogP contribution >= 0.6 is 0 Å². The van der Waals surface area contributed by atoms with Gasteiger partial charge in [0.2, 0.25) is 0 Å². The Morgan fingerprint density at radius 2 is 1.70 bits per heavy atom. The van der Waals surface area contributed by atoms with E-state index in [0.717, 1.165) is 16.3 Å². The quantitative estimate of drug-likeness (QED) is 0.414. The monoisotopic (exact) mass is 303 g/mol. The third-order valence-corrected chi connectivity index (χ3v) is 3.37. The van der Waals surface area contributed by atoms with Crippen molar-refractivity contribution >= 4 is 16.5 Å². The number of nitrogens with zero attached hydrogens (tertiary/aromatic N) is 1. The maximum Gasteiger partial charge on any atom is 0.310 e. The van der Waals surface area contributed by atoms with Crippen LogP contribution in [0.1, 0.15) is 5.56 Å². The standard InChI is InChI=1S/C19H13NO3/c21-20(22)18-12-3-4-13-19(18)23-14-6-10-16-9-5-8-15-7-1-2-11-17(15)16/h1-5,7-9,11-13H,14H2. The Balaban J connectivity index is 1.77. The van der Waals surface area contributed by atoms with Crippen LogP contribution in [0.4, 0.5) is 5.69 Å². The second kappa shape index (κ2) is 6.63. The zero-order valence-corrected chi connectivity index (χ0v) is 12.2. The summed E-state index contributed by atoms with van der Waals surface area (Å²) in [6, 6.07) is 20.2. The second-order valence-electron chi connectivity index (χ2n) is 4.84. The summed E-state index contributed by atoms with van der Waals surface area (Å²) in [5.74, 6) is 6.20. The number of benzene rings is 3. The summed E-state index contributed by atoms with van der Waals surface area (Å²) in [5, 5.41) is 13.1. The van der Waals surface area contributed by atoms with Crippen LogP contribution in [0.25, 0.3) is 10.8 Å². The minimum absolute atomic E-state index is 0.0561. The topological polar surface area (TPSA) is 52.4 Å². The van der Waals surface area contributed by atoms with Gasteiger partial charge in [0.15, 0.2) is 5.75 Å². The number of nitro groups is 1. The zero-order chi connectivity index (χ0) is 16.1. The van der Waals surface area contributed by atoms with Gasteiger partial charge in [-0.3, -0.25) is 10.1 Å². The number of para-hydroxylation sites is 2. The van der Waals surface area contributed by atoms with Gasteiger partial charge >= 0.3 is 5.69 Å². The Kier molecular flexibility index (Phi) is 4.21. The fraction of sp³-hybridized carbons (Fsp3) is 0.0526. The normalized spacial score (nSPS) is 9.91. The van der Waals surface area contributed by atoms with Crippen molar-refractivity contribution in [2.45, 2.75) is 0 Å². The maximum atomic E-state index is 10.9. The number of nitro benzene ring substituents is 1. The number of hydrogen-bond donors (Lipinski definition) is 0. The molecule has 0 aromatic heterocycles. The smallest absolute Gasteiger partial charge is 0.310 e. The van der Waals surface area contributed by atoms with Crippen molar-refractivity contribution < 1.29 is 9.66 Å². The molecule has 4 nitrogen and oxygen atoms in total. The van der Waals surface area contributed by atoms with E-state index in [2.05, 4.69) is 11.8 Å². The molecule has 0 aliphatic carbocycles. The molecular formula is C19H13NO3. The Morgan fingerprint density at radius 3 is 2.57 bits per heavy atom. The molecule has 112 valence electrons. The minimum Gasteiger partial charge on any atom is -0.474 e. The number of ether oxygens (including phenoxy) is 1. The third-order valence-electron chi connectivity index (χ3n) is 3.37. The highest BCUT2D eigenvalue weighted by molar-refractivity contribution is 5.88. The molecule has 3 rings (SSSR count). The molecule has 0 aliphatic heterocycles. The van der Waals surface area contributed by atoms with Crippen LogP contribution in [0.5, 0.6) is 5.75 Å². The summed E-state index contributed by atoms with van der Waals surface area (Å²) in [7, 11) is 0. The van der Waals surface area contributed by atoms with Crippen molar-refractivity contribution in [3.8, 4) is 17.6 Å². The molecule has 0 heterocycles. The van der Waals surface area contributed by atoms with Crippen molar-refractivity contribution in [3.05, 3.63) is 82.4 Å². The molecule has 0 radical (unpaired) electrons. The van der Waals surface area contributed by atoms with Crippen LogP contribution in [0.3, 0.4) is 0 Å². The summed E-state index contributed by atoms with van der Waals surface area (Å²) in [5.41, 5.74) is 0.855. The first kappa shape index (κ1) is 14.6. The highest BCUT2D eigenvalue weighted by Gasteiger charge is 2.12. The summed E-state index contributed by atoms with van der Waals surface area (Å²) < 4.78 is 5.42. The predicted octanol–water partition coefficient (Wildman–Crippen LogP) is 4.18. The van der Waals surface area contributed by atoms with E-state index in [1.807, 2.05) is 42.5 Å². The summed E-state index contributed by atoms with van der Waals surface area (Å²) >= 11 is 0. The maximum absolute atomic E-state index is 10.9. The Labute approximate surface area is 133 Å². The van der Waals surface area contributed by atoms with Crippen LogP contribution < -0.4 is 4.74 Å². The van der Waals surface area contributed by atoms with Crippen molar-refractivity contribution in [3.63, 3.8) is 0 Å². The minimum atomic E-state index is -0.465. The SMILES string of the molecule is O=[N+]([O-])c1ccccc1OCC#Cc1cccc2ccccc12. The molecule has 3 aromatic rings. The lowest BCUT2D eigenvalue weighted by Crippen LogP contribution is -1.98. The predicted molar refractivity (Wildman–Crippen MR) is 89.4 cm³/mol. The lowest BCUT2D eigenvalue weighted by Gasteiger charge is -2.02. The van der Waals surface area contributed by atoms with E-state index in [0.29, 0.717) is 0 Å². The van der Waals surface area contributed by atoms with Gasteiger partial charge in [-0.1, -0.05) is 60.4 Å². The van der Waals surface area contributed by atoms with Crippen molar-refractivity contribution in [2.75, 3.05) is 6.61 Å². The van der Waals surface area contributed by atoms with Crippen LogP contribution in [0.15, 0.2) is 66.7 Å².